The lowest BCUT2D eigenvalue weighted by atomic mass is 10.2. The van der Waals surface area contributed by atoms with Gasteiger partial charge in [-0.25, -0.2) is 9.37 Å². The third-order valence-electron chi connectivity index (χ3n) is 2.32. The van der Waals surface area contributed by atoms with E-state index in [0.717, 1.165) is 5.69 Å². The van der Waals surface area contributed by atoms with Crippen LogP contribution in [0.3, 0.4) is 0 Å². The molecule has 0 aliphatic rings. The molecular formula is C12H12FNO2S. The summed E-state index contributed by atoms with van der Waals surface area (Å²) in [5.41, 5.74) is 1.24. The summed E-state index contributed by atoms with van der Waals surface area (Å²) in [5, 5.41) is 2.48. The molecule has 0 unspecified atom stereocenters. The van der Waals surface area contributed by atoms with Gasteiger partial charge in [0.25, 0.3) is 0 Å². The van der Waals surface area contributed by atoms with Crippen molar-refractivity contribution >= 4 is 11.3 Å². The maximum absolute atomic E-state index is 14.0. The van der Waals surface area contributed by atoms with Gasteiger partial charge < -0.3 is 9.47 Å². The number of rotatable bonds is 3. The normalized spacial score (nSPS) is 10.4. The Morgan fingerprint density at radius 2 is 2.00 bits per heavy atom. The number of halogens is 1. The Labute approximate surface area is 103 Å². The summed E-state index contributed by atoms with van der Waals surface area (Å²) in [7, 11) is 2.99. The van der Waals surface area contributed by atoms with Crippen LogP contribution >= 0.6 is 11.3 Å². The van der Waals surface area contributed by atoms with Gasteiger partial charge >= 0.3 is 0 Å². The van der Waals surface area contributed by atoms with Crippen molar-refractivity contribution in [1.29, 1.82) is 0 Å². The molecule has 1 heterocycles. The van der Waals surface area contributed by atoms with E-state index in [1.54, 1.807) is 6.07 Å². The van der Waals surface area contributed by atoms with Crippen molar-refractivity contribution in [3.05, 3.63) is 29.0 Å². The lowest BCUT2D eigenvalue weighted by molar-refractivity contribution is 0.390. The van der Waals surface area contributed by atoms with Crippen molar-refractivity contribution in [2.45, 2.75) is 6.92 Å². The number of methoxy groups -OCH3 is 2. The molecule has 1 aromatic carbocycles. The van der Waals surface area contributed by atoms with Gasteiger partial charge in [-0.3, -0.25) is 0 Å². The SMILES string of the molecule is COc1cc(F)c(-c2nc(C)cs2)c(OC)c1. The van der Waals surface area contributed by atoms with Crippen LogP contribution in [-0.2, 0) is 0 Å². The van der Waals surface area contributed by atoms with Crippen LogP contribution in [0.25, 0.3) is 10.6 Å². The number of hydrogen-bond acceptors (Lipinski definition) is 4. The average molecular weight is 253 g/mol. The molecule has 0 atom stereocenters. The molecule has 0 radical (unpaired) electrons. The molecule has 0 spiro atoms. The smallest absolute Gasteiger partial charge is 0.140 e. The number of hydrogen-bond donors (Lipinski definition) is 0. The number of benzene rings is 1. The summed E-state index contributed by atoms with van der Waals surface area (Å²) >= 11 is 1.39. The highest BCUT2D eigenvalue weighted by molar-refractivity contribution is 7.13. The number of aromatic nitrogens is 1. The third-order valence-corrected chi connectivity index (χ3v) is 3.29. The molecule has 0 aliphatic heterocycles. The summed E-state index contributed by atoms with van der Waals surface area (Å²) in [5.74, 6) is 0.461. The highest BCUT2D eigenvalue weighted by Crippen LogP contribution is 2.37. The van der Waals surface area contributed by atoms with Gasteiger partial charge in [0.15, 0.2) is 0 Å². The van der Waals surface area contributed by atoms with Gasteiger partial charge in [-0.05, 0) is 6.92 Å². The molecule has 0 N–H and O–H groups in total. The summed E-state index contributed by atoms with van der Waals surface area (Å²) in [6.07, 6.45) is 0. The molecule has 2 aromatic rings. The lowest BCUT2D eigenvalue weighted by Crippen LogP contribution is -1.94. The third kappa shape index (κ3) is 2.24. The monoisotopic (exact) mass is 253 g/mol. The zero-order valence-corrected chi connectivity index (χ0v) is 10.6. The molecule has 0 fully saturated rings. The van der Waals surface area contributed by atoms with Crippen LogP contribution in [0.1, 0.15) is 5.69 Å². The van der Waals surface area contributed by atoms with E-state index in [1.165, 1.54) is 31.6 Å². The number of thiazole rings is 1. The van der Waals surface area contributed by atoms with Crippen LogP contribution in [0, 0.1) is 12.7 Å². The molecule has 0 saturated carbocycles. The van der Waals surface area contributed by atoms with Crippen LogP contribution in [0.2, 0.25) is 0 Å². The first-order chi connectivity index (χ1) is 8.15. The molecule has 2 rings (SSSR count). The van der Waals surface area contributed by atoms with Gasteiger partial charge in [-0.1, -0.05) is 0 Å². The first-order valence-electron chi connectivity index (χ1n) is 4.99. The Balaban J connectivity index is 2.60. The van der Waals surface area contributed by atoms with Crippen molar-refractivity contribution in [3.63, 3.8) is 0 Å². The summed E-state index contributed by atoms with van der Waals surface area (Å²) < 4.78 is 24.2. The van der Waals surface area contributed by atoms with Crippen molar-refractivity contribution in [3.8, 4) is 22.1 Å². The average Bonchev–Trinajstić information content (AvgIpc) is 2.74. The van der Waals surface area contributed by atoms with Gasteiger partial charge in [0.05, 0.1) is 19.8 Å². The maximum atomic E-state index is 14.0. The molecule has 0 saturated heterocycles. The largest absolute Gasteiger partial charge is 0.497 e. The number of ether oxygens (including phenoxy) is 2. The number of nitrogens with zero attached hydrogens (tertiary/aromatic N) is 1. The first kappa shape index (κ1) is 11.9. The maximum Gasteiger partial charge on any atom is 0.140 e. The molecule has 5 heteroatoms. The van der Waals surface area contributed by atoms with Crippen molar-refractivity contribution in [1.82, 2.24) is 4.98 Å². The molecule has 17 heavy (non-hydrogen) atoms. The second-order valence-corrected chi connectivity index (χ2v) is 4.34. The van der Waals surface area contributed by atoms with E-state index in [0.29, 0.717) is 22.1 Å². The van der Waals surface area contributed by atoms with E-state index in [1.807, 2.05) is 12.3 Å². The van der Waals surface area contributed by atoms with Gasteiger partial charge in [0.1, 0.15) is 22.3 Å². The zero-order chi connectivity index (χ0) is 12.4. The highest BCUT2D eigenvalue weighted by atomic mass is 32.1. The lowest BCUT2D eigenvalue weighted by Gasteiger charge is -2.09. The standard InChI is InChI=1S/C12H12FNO2S/c1-7-6-17-12(14-7)11-9(13)4-8(15-2)5-10(11)16-3/h4-6H,1-3H3. The second-order valence-electron chi connectivity index (χ2n) is 3.48. The minimum Gasteiger partial charge on any atom is -0.497 e. The fourth-order valence-corrected chi connectivity index (χ4v) is 2.36. The first-order valence-corrected chi connectivity index (χ1v) is 5.87. The topological polar surface area (TPSA) is 31.4 Å². The van der Waals surface area contributed by atoms with Crippen LogP contribution in [0.15, 0.2) is 17.5 Å². The van der Waals surface area contributed by atoms with Crippen LogP contribution in [0.5, 0.6) is 11.5 Å². The Kier molecular flexibility index (Phi) is 3.28. The van der Waals surface area contributed by atoms with E-state index < -0.39 is 5.82 Å². The van der Waals surface area contributed by atoms with Crippen LogP contribution < -0.4 is 9.47 Å². The molecule has 0 amide bonds. The van der Waals surface area contributed by atoms with Crippen molar-refractivity contribution in [2.24, 2.45) is 0 Å². The van der Waals surface area contributed by atoms with E-state index in [2.05, 4.69) is 4.98 Å². The van der Waals surface area contributed by atoms with E-state index in [-0.39, 0.29) is 0 Å². The number of aryl methyl sites for hydroxylation is 1. The fourth-order valence-electron chi connectivity index (χ4n) is 1.51. The predicted molar refractivity (Wildman–Crippen MR) is 65.3 cm³/mol. The zero-order valence-electron chi connectivity index (χ0n) is 9.78. The Morgan fingerprint density at radius 1 is 1.24 bits per heavy atom. The van der Waals surface area contributed by atoms with E-state index >= 15 is 0 Å². The Bertz CT molecular complexity index is 539. The van der Waals surface area contributed by atoms with Gasteiger partial charge in [0.2, 0.25) is 0 Å². The summed E-state index contributed by atoms with van der Waals surface area (Å²) in [6, 6.07) is 2.98. The highest BCUT2D eigenvalue weighted by Gasteiger charge is 2.16. The van der Waals surface area contributed by atoms with Crippen LogP contribution in [-0.4, -0.2) is 19.2 Å². The molecular weight excluding hydrogens is 241 g/mol. The fraction of sp³-hybridized carbons (Fsp3) is 0.250. The molecule has 1 aromatic heterocycles. The van der Waals surface area contributed by atoms with Gasteiger partial charge in [-0.15, -0.1) is 11.3 Å². The summed E-state index contributed by atoms with van der Waals surface area (Å²) in [4.78, 5) is 4.26. The van der Waals surface area contributed by atoms with Crippen LogP contribution in [0.4, 0.5) is 4.39 Å². The Hall–Kier alpha value is -1.62. The predicted octanol–water partition coefficient (Wildman–Crippen LogP) is 3.27. The van der Waals surface area contributed by atoms with Gasteiger partial charge in [-0.2, -0.15) is 0 Å². The Morgan fingerprint density at radius 3 is 2.53 bits per heavy atom. The van der Waals surface area contributed by atoms with E-state index in [4.69, 9.17) is 9.47 Å². The molecule has 3 nitrogen and oxygen atoms in total. The quantitative estimate of drug-likeness (QED) is 0.841. The molecule has 0 bridgehead atoms. The molecule has 90 valence electrons. The molecule has 0 aliphatic carbocycles. The summed E-state index contributed by atoms with van der Waals surface area (Å²) in [6.45, 7) is 1.87. The van der Waals surface area contributed by atoms with Gasteiger partial charge in [0, 0.05) is 23.2 Å². The van der Waals surface area contributed by atoms with Crippen molar-refractivity contribution in [2.75, 3.05) is 14.2 Å². The van der Waals surface area contributed by atoms with Crippen molar-refractivity contribution < 1.29 is 13.9 Å². The van der Waals surface area contributed by atoms with E-state index in [9.17, 15) is 4.39 Å². The minimum atomic E-state index is -0.393. The second kappa shape index (κ2) is 4.71. The minimum absolute atomic E-state index is 0.381.